The Morgan fingerprint density at radius 1 is 1.25 bits per heavy atom. The van der Waals surface area contributed by atoms with Crippen LogP contribution in [0.2, 0.25) is 0 Å². The van der Waals surface area contributed by atoms with E-state index in [2.05, 4.69) is 21.2 Å². The summed E-state index contributed by atoms with van der Waals surface area (Å²) >= 11 is 4.88. The summed E-state index contributed by atoms with van der Waals surface area (Å²) in [6.45, 7) is 5.78. The molecule has 0 fully saturated rings. The molecule has 0 bridgehead atoms. The summed E-state index contributed by atoms with van der Waals surface area (Å²) in [7, 11) is 1.90. The number of nitrogens with zero attached hydrogens (tertiary/aromatic N) is 1. The Kier molecular flexibility index (Phi) is 5.77. The van der Waals surface area contributed by atoms with Gasteiger partial charge in [-0.05, 0) is 73.1 Å². The van der Waals surface area contributed by atoms with E-state index in [1.807, 2.05) is 38.5 Å². The minimum atomic E-state index is -0.391. The summed E-state index contributed by atoms with van der Waals surface area (Å²) in [5.41, 5.74) is 1.84. The van der Waals surface area contributed by atoms with Crippen LogP contribution < -0.4 is 5.32 Å². The lowest BCUT2D eigenvalue weighted by Crippen LogP contribution is -2.40. The number of aromatic nitrogens is 1. The highest BCUT2D eigenvalue weighted by Crippen LogP contribution is 2.36. The van der Waals surface area contributed by atoms with E-state index in [0.29, 0.717) is 21.2 Å². The Hall–Kier alpha value is -1.99. The topological polar surface area (TPSA) is 54.3 Å². The molecule has 0 unspecified atom stereocenters. The molecule has 0 saturated carbocycles. The number of rotatable bonds is 4. The molecule has 0 spiro atoms. The predicted octanol–water partition coefficient (Wildman–Crippen LogP) is 5.61. The number of halogens is 2. The van der Waals surface area contributed by atoms with Gasteiger partial charge in [0.15, 0.2) is 0 Å². The molecule has 1 aromatic heterocycles. The van der Waals surface area contributed by atoms with Gasteiger partial charge in [-0.2, -0.15) is 0 Å². The van der Waals surface area contributed by atoms with Crippen LogP contribution in [-0.2, 0) is 12.8 Å². The van der Waals surface area contributed by atoms with E-state index in [0.717, 1.165) is 16.1 Å². The van der Waals surface area contributed by atoms with Crippen LogP contribution in [0.3, 0.4) is 0 Å². The molecule has 3 rings (SSSR count). The molecule has 148 valence electrons. The molecule has 1 heterocycles. The highest BCUT2D eigenvalue weighted by molar-refractivity contribution is 9.10. The van der Waals surface area contributed by atoms with Crippen molar-refractivity contribution in [3.8, 4) is 5.75 Å². The summed E-state index contributed by atoms with van der Waals surface area (Å²) in [6, 6.07) is 9.71. The van der Waals surface area contributed by atoms with Crippen LogP contribution in [0.4, 0.5) is 4.39 Å². The lowest BCUT2D eigenvalue weighted by atomic mass is 10.1. The number of hydrogen-bond donors (Lipinski definition) is 2. The zero-order valence-corrected chi connectivity index (χ0v) is 18.5. The van der Waals surface area contributed by atoms with Crippen molar-refractivity contribution in [1.82, 2.24) is 9.88 Å². The number of aryl methyl sites for hydroxylation is 1. The van der Waals surface area contributed by atoms with Gasteiger partial charge in [0.05, 0.1) is 15.6 Å². The van der Waals surface area contributed by atoms with Crippen LogP contribution in [0.1, 0.15) is 36.8 Å². The third-order valence-corrected chi connectivity index (χ3v) is 5.95. The number of thioether (sulfide) groups is 1. The number of aromatic hydroxyl groups is 1. The first-order valence-corrected chi connectivity index (χ1v) is 10.6. The van der Waals surface area contributed by atoms with E-state index in [-0.39, 0.29) is 17.5 Å². The predicted molar refractivity (Wildman–Crippen MR) is 115 cm³/mol. The SMILES string of the molecule is Cn1c(CSc2ccc(F)cc2)c(C(=O)NC(C)(C)C)c2cc(O)c(Br)cc21. The summed E-state index contributed by atoms with van der Waals surface area (Å²) in [6.07, 6.45) is 0. The first-order chi connectivity index (χ1) is 13.1. The molecule has 2 N–H and O–H groups in total. The van der Waals surface area contributed by atoms with Crippen LogP contribution in [0.5, 0.6) is 5.75 Å². The fourth-order valence-electron chi connectivity index (χ4n) is 3.01. The number of benzene rings is 2. The third-order valence-electron chi connectivity index (χ3n) is 4.29. The minimum absolute atomic E-state index is 0.0839. The van der Waals surface area contributed by atoms with Gasteiger partial charge in [-0.25, -0.2) is 4.39 Å². The lowest BCUT2D eigenvalue weighted by Gasteiger charge is -2.21. The summed E-state index contributed by atoms with van der Waals surface area (Å²) in [5, 5.41) is 13.9. The Bertz CT molecular complexity index is 1040. The number of nitrogens with one attached hydrogen (secondary N) is 1. The van der Waals surface area contributed by atoms with Crippen molar-refractivity contribution in [1.29, 1.82) is 0 Å². The van der Waals surface area contributed by atoms with E-state index in [1.165, 1.54) is 23.9 Å². The average molecular weight is 465 g/mol. The van der Waals surface area contributed by atoms with Crippen LogP contribution in [-0.4, -0.2) is 21.1 Å². The highest BCUT2D eigenvalue weighted by Gasteiger charge is 2.25. The summed E-state index contributed by atoms with van der Waals surface area (Å²) < 4.78 is 15.7. The van der Waals surface area contributed by atoms with Gasteiger partial charge in [0.2, 0.25) is 0 Å². The van der Waals surface area contributed by atoms with Crippen molar-refractivity contribution in [2.24, 2.45) is 7.05 Å². The quantitative estimate of drug-likeness (QED) is 0.493. The van der Waals surface area contributed by atoms with E-state index >= 15 is 0 Å². The third kappa shape index (κ3) is 4.36. The Balaban J connectivity index is 2.08. The zero-order valence-electron chi connectivity index (χ0n) is 16.1. The maximum atomic E-state index is 13.2. The second kappa shape index (κ2) is 7.79. The molecule has 0 atom stereocenters. The van der Waals surface area contributed by atoms with Gasteiger partial charge < -0.3 is 15.0 Å². The van der Waals surface area contributed by atoms with E-state index in [1.54, 1.807) is 18.2 Å². The van der Waals surface area contributed by atoms with Gasteiger partial charge in [-0.1, -0.05) is 0 Å². The van der Waals surface area contributed by atoms with Gasteiger partial charge in [-0.3, -0.25) is 4.79 Å². The standard InChI is InChI=1S/C21H22BrFN2O2S/c1-21(2,3)24-20(27)19-14-9-18(26)15(22)10-16(14)25(4)17(19)11-28-13-7-5-12(23)6-8-13/h5-10,26H,11H2,1-4H3,(H,24,27). The molecule has 0 saturated heterocycles. The molecular weight excluding hydrogens is 443 g/mol. The van der Waals surface area contributed by atoms with Crippen molar-refractivity contribution in [2.45, 2.75) is 37.0 Å². The summed E-state index contributed by atoms with van der Waals surface area (Å²) in [4.78, 5) is 14.0. The molecular formula is C21H22BrFN2O2S. The summed E-state index contributed by atoms with van der Waals surface area (Å²) in [5.74, 6) is 0.150. The number of amides is 1. The maximum absolute atomic E-state index is 13.2. The molecule has 0 radical (unpaired) electrons. The van der Waals surface area contributed by atoms with Gasteiger partial charge in [0.25, 0.3) is 5.91 Å². The van der Waals surface area contributed by atoms with E-state index in [9.17, 15) is 14.3 Å². The fraction of sp³-hybridized carbons (Fsp3) is 0.286. The zero-order chi connectivity index (χ0) is 20.6. The molecule has 1 amide bonds. The average Bonchev–Trinajstić information content (AvgIpc) is 2.85. The van der Waals surface area contributed by atoms with Crippen molar-refractivity contribution in [2.75, 3.05) is 0 Å². The first-order valence-electron chi connectivity index (χ1n) is 8.77. The second-order valence-corrected chi connectivity index (χ2v) is 9.55. The molecule has 3 aromatic rings. The van der Waals surface area contributed by atoms with Crippen LogP contribution in [0.15, 0.2) is 45.8 Å². The smallest absolute Gasteiger partial charge is 0.254 e. The number of fused-ring (bicyclic) bond motifs is 1. The number of phenols is 1. The van der Waals surface area contributed by atoms with E-state index < -0.39 is 5.54 Å². The first kappa shape index (κ1) is 20.7. The largest absolute Gasteiger partial charge is 0.507 e. The second-order valence-electron chi connectivity index (χ2n) is 7.65. The Morgan fingerprint density at radius 3 is 2.50 bits per heavy atom. The molecule has 28 heavy (non-hydrogen) atoms. The Labute approximate surface area is 176 Å². The van der Waals surface area contributed by atoms with E-state index in [4.69, 9.17) is 0 Å². The highest BCUT2D eigenvalue weighted by atomic mass is 79.9. The van der Waals surface area contributed by atoms with Gasteiger partial charge >= 0.3 is 0 Å². The molecule has 2 aromatic carbocycles. The molecule has 0 aliphatic rings. The molecule has 7 heteroatoms. The molecule has 0 aliphatic carbocycles. The number of carbonyl (C=O) groups excluding carboxylic acids is 1. The normalized spacial score (nSPS) is 11.8. The molecule has 0 aliphatic heterocycles. The minimum Gasteiger partial charge on any atom is -0.507 e. The number of phenolic OH excluding ortho intramolecular Hbond substituents is 1. The Morgan fingerprint density at radius 2 is 1.89 bits per heavy atom. The monoisotopic (exact) mass is 464 g/mol. The lowest BCUT2D eigenvalue weighted by molar-refractivity contribution is 0.0920. The van der Waals surface area contributed by atoms with Crippen molar-refractivity contribution in [3.05, 3.63) is 57.9 Å². The van der Waals surface area contributed by atoms with Gasteiger partial charge in [0.1, 0.15) is 11.6 Å². The number of carbonyl (C=O) groups is 1. The van der Waals surface area contributed by atoms with Crippen molar-refractivity contribution < 1.29 is 14.3 Å². The van der Waals surface area contributed by atoms with Crippen molar-refractivity contribution in [3.63, 3.8) is 0 Å². The van der Waals surface area contributed by atoms with Crippen LogP contribution in [0.25, 0.3) is 10.9 Å². The van der Waals surface area contributed by atoms with Crippen LogP contribution in [0, 0.1) is 5.82 Å². The molecule has 4 nitrogen and oxygen atoms in total. The fourth-order valence-corrected chi connectivity index (χ4v) is 4.31. The van der Waals surface area contributed by atoms with Gasteiger partial charge in [0, 0.05) is 34.3 Å². The maximum Gasteiger partial charge on any atom is 0.254 e. The van der Waals surface area contributed by atoms with Crippen molar-refractivity contribution >= 4 is 44.5 Å². The number of hydrogen-bond acceptors (Lipinski definition) is 3. The van der Waals surface area contributed by atoms with Crippen LogP contribution >= 0.6 is 27.7 Å². The van der Waals surface area contributed by atoms with Gasteiger partial charge in [-0.15, -0.1) is 11.8 Å².